The molecule has 2 N–H and O–H groups in total. The highest BCUT2D eigenvalue weighted by Gasteiger charge is 2.17. The van der Waals surface area contributed by atoms with Gasteiger partial charge in [0, 0.05) is 8.95 Å². The number of halogens is 2. The Bertz CT molecular complexity index is 989. The van der Waals surface area contributed by atoms with Crippen LogP contribution in [0.1, 0.15) is 5.82 Å². The minimum absolute atomic E-state index is 0.131. The van der Waals surface area contributed by atoms with Crippen molar-refractivity contribution in [3.8, 4) is 5.69 Å². The van der Waals surface area contributed by atoms with Crippen molar-refractivity contribution in [1.29, 1.82) is 0 Å². The van der Waals surface area contributed by atoms with Crippen LogP contribution in [0.5, 0.6) is 0 Å². The highest BCUT2D eigenvalue weighted by molar-refractivity contribution is 9.11. The van der Waals surface area contributed by atoms with E-state index in [1.807, 2.05) is 6.07 Å². The molecule has 6 nitrogen and oxygen atoms in total. The Labute approximate surface area is 140 Å². The molecule has 0 spiro atoms. The first-order chi connectivity index (χ1) is 9.90. The van der Waals surface area contributed by atoms with Crippen molar-refractivity contribution in [2.24, 2.45) is 0 Å². The molecule has 0 radical (unpaired) electrons. The van der Waals surface area contributed by atoms with Gasteiger partial charge < -0.3 is 0 Å². The van der Waals surface area contributed by atoms with Gasteiger partial charge in [0.15, 0.2) is 0 Å². The molecule has 2 heterocycles. The topological polar surface area (TPSA) is 83.5 Å². The molecule has 0 aliphatic heterocycles. The van der Waals surface area contributed by atoms with E-state index in [4.69, 9.17) is 0 Å². The molecule has 21 heavy (non-hydrogen) atoms. The van der Waals surface area contributed by atoms with Crippen molar-refractivity contribution in [3.05, 3.63) is 47.6 Å². The van der Waals surface area contributed by atoms with Gasteiger partial charge in [-0.1, -0.05) is 15.9 Å². The molecular weight excluding hydrogens is 424 g/mol. The van der Waals surface area contributed by atoms with E-state index in [0.717, 1.165) is 4.47 Å². The van der Waals surface area contributed by atoms with Crippen LogP contribution in [0.25, 0.3) is 16.6 Å². The molecule has 0 fully saturated rings. The number of benzene rings is 1. The molecule has 0 atom stereocenters. The van der Waals surface area contributed by atoms with Gasteiger partial charge in [-0.2, -0.15) is 0 Å². The number of nitrogens with zero attached hydrogens (tertiary/aromatic N) is 2. The Kier molecular flexibility index (Phi) is 3.58. The highest BCUT2D eigenvalue weighted by atomic mass is 79.9. The first-order valence-electron chi connectivity index (χ1n) is 5.78. The molecule has 0 unspecified atom stereocenters. The van der Waals surface area contributed by atoms with Crippen molar-refractivity contribution in [3.63, 3.8) is 0 Å². The normalized spacial score (nSPS) is 11.2. The highest BCUT2D eigenvalue weighted by Crippen LogP contribution is 2.26. The second kappa shape index (κ2) is 5.15. The molecule has 108 valence electrons. The molecule has 9 heteroatoms. The Morgan fingerprint density at radius 3 is 2.57 bits per heavy atom. The summed E-state index contributed by atoms with van der Waals surface area (Å²) in [5, 5.41) is 5.66. The molecule has 3 rings (SSSR count). The van der Waals surface area contributed by atoms with Crippen molar-refractivity contribution in [1.82, 2.24) is 19.7 Å². The van der Waals surface area contributed by atoms with E-state index in [1.165, 1.54) is 4.57 Å². The molecule has 2 aromatic heterocycles. The largest absolute Gasteiger partial charge is 0.290 e. The summed E-state index contributed by atoms with van der Waals surface area (Å²) >= 11 is 10.9. The van der Waals surface area contributed by atoms with Crippen LogP contribution in [0.4, 0.5) is 0 Å². The van der Waals surface area contributed by atoms with Gasteiger partial charge in [-0.25, -0.2) is 4.98 Å². The Balaban J connectivity index is 2.52. The molecule has 3 aromatic rings. The third kappa shape index (κ3) is 2.29. The van der Waals surface area contributed by atoms with E-state index in [0.29, 0.717) is 21.2 Å². The van der Waals surface area contributed by atoms with Gasteiger partial charge in [0.2, 0.25) is 0 Å². The average molecular weight is 432 g/mol. The number of aromatic amines is 2. The van der Waals surface area contributed by atoms with E-state index >= 15 is 0 Å². The molecule has 0 bridgehead atoms. The Morgan fingerprint density at radius 1 is 1.24 bits per heavy atom. The summed E-state index contributed by atoms with van der Waals surface area (Å²) in [6, 6.07) is 3.48. The quantitative estimate of drug-likeness (QED) is 0.517. The summed E-state index contributed by atoms with van der Waals surface area (Å²) in [5.41, 5.74) is -0.0868. The maximum absolute atomic E-state index is 12.7. The van der Waals surface area contributed by atoms with Crippen LogP contribution in [0.15, 0.2) is 35.7 Å². The number of thiol groups is 1. The summed E-state index contributed by atoms with van der Waals surface area (Å²) in [7, 11) is 0. The monoisotopic (exact) mass is 430 g/mol. The number of rotatable bonds is 1. The zero-order valence-corrected chi connectivity index (χ0v) is 14.6. The van der Waals surface area contributed by atoms with E-state index < -0.39 is 5.56 Å². The number of nitrogens with one attached hydrogen (secondary N) is 2. The van der Waals surface area contributed by atoms with Gasteiger partial charge in [0.05, 0.1) is 10.9 Å². The lowest BCUT2D eigenvalue weighted by Gasteiger charge is -2.10. The smallest absolute Gasteiger partial charge is 0.289 e. The van der Waals surface area contributed by atoms with Crippen LogP contribution in [-0.2, 0) is 0 Å². The van der Waals surface area contributed by atoms with Crippen molar-refractivity contribution < 1.29 is 0 Å². The number of fused-ring (bicyclic) bond motifs is 1. The van der Waals surface area contributed by atoms with Crippen LogP contribution in [0, 0.1) is 6.92 Å². The van der Waals surface area contributed by atoms with Crippen molar-refractivity contribution in [2.45, 2.75) is 11.9 Å². The molecule has 0 saturated carbocycles. The SMILES string of the molecule is Cc1nc2c(Br)cc(Br)cc2c(=O)n1-c1c(S)[nH][nH]c1=O. The molecule has 0 aliphatic carbocycles. The first-order valence-corrected chi connectivity index (χ1v) is 7.82. The Hall–Kier alpha value is -1.32. The minimum atomic E-state index is -0.430. The van der Waals surface area contributed by atoms with Crippen LogP contribution in [-0.4, -0.2) is 19.7 Å². The molecular formula is C12H8Br2N4O2S. The van der Waals surface area contributed by atoms with Crippen molar-refractivity contribution in [2.75, 3.05) is 0 Å². The summed E-state index contributed by atoms with van der Waals surface area (Å²) in [6.45, 7) is 1.66. The first kappa shape index (κ1) is 14.6. The third-order valence-corrected chi connectivity index (χ3v) is 4.40. The Morgan fingerprint density at radius 2 is 1.95 bits per heavy atom. The number of hydrogen-bond donors (Lipinski definition) is 3. The lowest BCUT2D eigenvalue weighted by molar-refractivity contribution is 0.870. The van der Waals surface area contributed by atoms with E-state index in [9.17, 15) is 9.59 Å². The van der Waals surface area contributed by atoms with E-state index in [1.54, 1.807) is 13.0 Å². The lowest BCUT2D eigenvalue weighted by atomic mass is 10.2. The standard InChI is InChI=1S/C12H8Br2N4O2S/c1-4-15-8-6(2-5(13)3-7(8)14)12(20)18(4)9-10(19)16-17-11(9)21/h2-3H,1H3,(H3,16,17,19,21). The number of aryl methyl sites for hydroxylation is 1. The molecule has 1 aromatic carbocycles. The predicted molar refractivity (Wildman–Crippen MR) is 89.7 cm³/mol. The van der Waals surface area contributed by atoms with E-state index in [-0.39, 0.29) is 16.3 Å². The van der Waals surface area contributed by atoms with Crippen molar-refractivity contribution >= 4 is 55.4 Å². The average Bonchev–Trinajstić information content (AvgIpc) is 2.72. The van der Waals surface area contributed by atoms with Gasteiger partial charge in [-0.3, -0.25) is 24.4 Å². The van der Waals surface area contributed by atoms with Crippen LogP contribution >= 0.6 is 44.5 Å². The maximum Gasteiger partial charge on any atom is 0.289 e. The lowest BCUT2D eigenvalue weighted by Crippen LogP contribution is -2.26. The van der Waals surface area contributed by atoms with Gasteiger partial charge in [0.1, 0.15) is 16.5 Å². The second-order valence-corrected chi connectivity index (χ2v) is 6.58. The summed E-state index contributed by atoms with van der Waals surface area (Å²) in [4.78, 5) is 29.0. The summed E-state index contributed by atoms with van der Waals surface area (Å²) in [6.07, 6.45) is 0. The maximum atomic E-state index is 12.7. The predicted octanol–water partition coefficient (Wildman–Crippen LogP) is 2.52. The molecule has 0 saturated heterocycles. The number of hydrogen-bond acceptors (Lipinski definition) is 4. The zero-order valence-electron chi connectivity index (χ0n) is 10.6. The third-order valence-electron chi connectivity index (χ3n) is 3.02. The van der Waals surface area contributed by atoms with Gasteiger partial charge in [-0.15, -0.1) is 12.6 Å². The van der Waals surface area contributed by atoms with Gasteiger partial charge in [-0.05, 0) is 35.0 Å². The molecule has 0 aliphatic rings. The minimum Gasteiger partial charge on any atom is -0.290 e. The summed E-state index contributed by atoms with van der Waals surface area (Å²) in [5.74, 6) is 0.399. The summed E-state index contributed by atoms with van der Waals surface area (Å²) < 4.78 is 2.69. The van der Waals surface area contributed by atoms with Crippen LogP contribution in [0.2, 0.25) is 0 Å². The zero-order chi connectivity index (χ0) is 15.3. The van der Waals surface area contributed by atoms with Gasteiger partial charge in [0.25, 0.3) is 11.1 Å². The van der Waals surface area contributed by atoms with E-state index in [2.05, 4.69) is 59.7 Å². The fraction of sp³-hybridized carbons (Fsp3) is 0.0833. The fourth-order valence-electron chi connectivity index (χ4n) is 2.13. The van der Waals surface area contributed by atoms with Crippen LogP contribution < -0.4 is 11.1 Å². The molecule has 0 amide bonds. The van der Waals surface area contributed by atoms with Gasteiger partial charge >= 0.3 is 0 Å². The van der Waals surface area contributed by atoms with Crippen LogP contribution in [0.3, 0.4) is 0 Å². The fourth-order valence-corrected chi connectivity index (χ4v) is 3.71. The number of H-pyrrole nitrogens is 2. The second-order valence-electron chi connectivity index (χ2n) is 4.36. The number of aromatic nitrogens is 4.